The van der Waals surface area contributed by atoms with Crippen LogP contribution < -0.4 is 0 Å². The van der Waals surface area contributed by atoms with Gasteiger partial charge in [0.05, 0.1) is 24.6 Å². The highest BCUT2D eigenvalue weighted by Crippen LogP contribution is 2.20. The maximum Gasteiger partial charge on any atom is 0.239 e. The Morgan fingerprint density at radius 3 is 3.00 bits per heavy atom. The number of hydrogen-bond acceptors (Lipinski definition) is 3. The molecule has 3 rings (SSSR count). The summed E-state index contributed by atoms with van der Waals surface area (Å²) in [5, 5.41) is 0. The summed E-state index contributed by atoms with van der Waals surface area (Å²) in [7, 11) is 0. The van der Waals surface area contributed by atoms with Crippen LogP contribution in [0.3, 0.4) is 0 Å². The molecule has 0 aliphatic carbocycles. The first-order valence-electron chi connectivity index (χ1n) is 8.17. The van der Waals surface area contributed by atoms with E-state index in [0.717, 1.165) is 38.3 Å². The Labute approximate surface area is 126 Å². The van der Waals surface area contributed by atoms with Crippen LogP contribution in [0.1, 0.15) is 38.8 Å². The second-order valence-corrected chi connectivity index (χ2v) is 6.61. The molecule has 2 unspecified atom stereocenters. The summed E-state index contributed by atoms with van der Waals surface area (Å²) in [6, 6.07) is 0.00206. The Morgan fingerprint density at radius 1 is 1.33 bits per heavy atom. The molecule has 2 aliphatic rings. The monoisotopic (exact) mass is 290 g/mol. The third kappa shape index (κ3) is 3.12. The van der Waals surface area contributed by atoms with E-state index in [-0.39, 0.29) is 11.9 Å². The summed E-state index contributed by atoms with van der Waals surface area (Å²) in [4.78, 5) is 21.4. The van der Waals surface area contributed by atoms with Crippen molar-refractivity contribution in [2.24, 2.45) is 5.92 Å². The number of carbonyl (C=O) groups excluding carboxylic acids is 1. The van der Waals surface area contributed by atoms with Crippen molar-refractivity contribution in [1.82, 2.24) is 19.4 Å². The van der Waals surface area contributed by atoms with Gasteiger partial charge in [-0.15, -0.1) is 0 Å². The number of carbonyl (C=O) groups is 1. The lowest BCUT2D eigenvalue weighted by atomic mass is 9.98. The number of imidazole rings is 1. The summed E-state index contributed by atoms with van der Waals surface area (Å²) in [6.07, 6.45) is 7.28. The van der Waals surface area contributed by atoms with Gasteiger partial charge in [0.25, 0.3) is 0 Å². The first kappa shape index (κ1) is 14.6. The molecule has 3 heterocycles. The minimum absolute atomic E-state index is 0.00206. The summed E-state index contributed by atoms with van der Waals surface area (Å²) >= 11 is 0. The van der Waals surface area contributed by atoms with Crippen molar-refractivity contribution in [3.8, 4) is 0 Å². The molecule has 116 valence electrons. The standard InChI is InChI=1S/C16H26N4O/c1-13-5-3-6-18(10-13)14(2)16(21)19-7-4-8-20-12-17-9-15(20)11-19/h9,12-14H,3-8,10-11H2,1-2H3. The van der Waals surface area contributed by atoms with E-state index in [0.29, 0.717) is 12.5 Å². The van der Waals surface area contributed by atoms with Crippen molar-refractivity contribution in [3.63, 3.8) is 0 Å². The Bertz CT molecular complexity index is 498. The molecule has 5 nitrogen and oxygen atoms in total. The van der Waals surface area contributed by atoms with Crippen molar-refractivity contribution < 1.29 is 4.79 Å². The van der Waals surface area contributed by atoms with Crippen LogP contribution in [0.5, 0.6) is 0 Å². The zero-order valence-corrected chi connectivity index (χ0v) is 13.2. The number of likely N-dealkylation sites (tertiary alicyclic amines) is 1. The molecule has 0 aromatic carbocycles. The third-order valence-electron chi connectivity index (χ3n) is 4.88. The lowest BCUT2D eigenvalue weighted by molar-refractivity contribution is -0.137. The smallest absolute Gasteiger partial charge is 0.239 e. The maximum absolute atomic E-state index is 12.8. The predicted molar refractivity (Wildman–Crippen MR) is 81.7 cm³/mol. The second-order valence-electron chi connectivity index (χ2n) is 6.61. The minimum Gasteiger partial charge on any atom is -0.335 e. The molecular formula is C16H26N4O. The molecule has 1 aromatic rings. The van der Waals surface area contributed by atoms with Crippen LogP contribution in [0.4, 0.5) is 0 Å². The van der Waals surface area contributed by atoms with Gasteiger partial charge in [0.1, 0.15) is 0 Å². The van der Waals surface area contributed by atoms with Gasteiger partial charge in [-0.05, 0) is 38.6 Å². The number of hydrogen-bond donors (Lipinski definition) is 0. The number of aromatic nitrogens is 2. The molecule has 0 radical (unpaired) electrons. The Balaban J connectivity index is 1.67. The SMILES string of the molecule is CC1CCCN(C(C)C(=O)N2CCCn3cncc3C2)C1. The average Bonchev–Trinajstić information content (AvgIpc) is 2.83. The van der Waals surface area contributed by atoms with Crippen LogP contribution in [-0.4, -0.2) is 50.9 Å². The van der Waals surface area contributed by atoms with E-state index in [1.807, 2.05) is 17.4 Å². The quantitative estimate of drug-likeness (QED) is 0.833. The summed E-state index contributed by atoms with van der Waals surface area (Å²) in [5.74, 6) is 0.985. The lowest BCUT2D eigenvalue weighted by Gasteiger charge is -2.36. The van der Waals surface area contributed by atoms with Crippen molar-refractivity contribution >= 4 is 5.91 Å². The van der Waals surface area contributed by atoms with E-state index < -0.39 is 0 Å². The van der Waals surface area contributed by atoms with Gasteiger partial charge in [-0.2, -0.15) is 0 Å². The zero-order valence-electron chi connectivity index (χ0n) is 13.2. The van der Waals surface area contributed by atoms with Gasteiger partial charge >= 0.3 is 0 Å². The summed E-state index contributed by atoms with van der Waals surface area (Å²) in [5.41, 5.74) is 1.15. The number of piperidine rings is 1. The van der Waals surface area contributed by atoms with Crippen LogP contribution in [0, 0.1) is 5.92 Å². The minimum atomic E-state index is 0.00206. The van der Waals surface area contributed by atoms with E-state index in [4.69, 9.17) is 0 Å². The maximum atomic E-state index is 12.8. The van der Waals surface area contributed by atoms with Crippen molar-refractivity contribution in [2.75, 3.05) is 19.6 Å². The van der Waals surface area contributed by atoms with Gasteiger partial charge in [0.15, 0.2) is 0 Å². The van der Waals surface area contributed by atoms with Gasteiger partial charge < -0.3 is 9.47 Å². The van der Waals surface area contributed by atoms with Crippen molar-refractivity contribution in [3.05, 3.63) is 18.2 Å². The fourth-order valence-electron chi connectivity index (χ4n) is 3.57. The molecule has 0 N–H and O–H groups in total. The number of amides is 1. The Morgan fingerprint density at radius 2 is 2.19 bits per heavy atom. The summed E-state index contributed by atoms with van der Waals surface area (Å²) < 4.78 is 2.17. The van der Waals surface area contributed by atoms with E-state index in [2.05, 4.69) is 28.3 Å². The van der Waals surface area contributed by atoms with Crippen LogP contribution in [-0.2, 0) is 17.9 Å². The zero-order chi connectivity index (χ0) is 14.8. The fourth-order valence-corrected chi connectivity index (χ4v) is 3.57. The van der Waals surface area contributed by atoms with Crippen molar-refractivity contribution in [1.29, 1.82) is 0 Å². The van der Waals surface area contributed by atoms with E-state index in [9.17, 15) is 4.79 Å². The van der Waals surface area contributed by atoms with Crippen LogP contribution in [0.25, 0.3) is 0 Å². The van der Waals surface area contributed by atoms with Gasteiger partial charge in [0, 0.05) is 25.8 Å². The average molecular weight is 290 g/mol. The third-order valence-corrected chi connectivity index (χ3v) is 4.88. The van der Waals surface area contributed by atoms with E-state index in [1.54, 1.807) is 0 Å². The summed E-state index contributed by atoms with van der Waals surface area (Å²) in [6.45, 7) is 8.99. The molecule has 0 bridgehead atoms. The van der Waals surface area contributed by atoms with Crippen LogP contribution in [0.15, 0.2) is 12.5 Å². The molecule has 1 amide bonds. The first-order chi connectivity index (χ1) is 10.1. The highest BCUT2D eigenvalue weighted by Gasteiger charge is 2.29. The molecule has 1 saturated heterocycles. The molecule has 0 spiro atoms. The topological polar surface area (TPSA) is 41.4 Å². The van der Waals surface area contributed by atoms with Crippen molar-refractivity contribution in [2.45, 2.75) is 52.2 Å². The van der Waals surface area contributed by atoms with E-state index in [1.165, 1.54) is 12.8 Å². The molecule has 5 heteroatoms. The normalized spacial score (nSPS) is 25.2. The predicted octanol–water partition coefficient (Wildman–Crippen LogP) is 1.74. The Hall–Kier alpha value is -1.36. The highest BCUT2D eigenvalue weighted by molar-refractivity contribution is 5.81. The molecule has 0 saturated carbocycles. The van der Waals surface area contributed by atoms with Gasteiger partial charge in [-0.1, -0.05) is 6.92 Å². The molecule has 1 aromatic heterocycles. The number of fused-ring (bicyclic) bond motifs is 1. The second kappa shape index (κ2) is 6.18. The first-order valence-corrected chi connectivity index (χ1v) is 8.17. The molecule has 2 aliphatic heterocycles. The largest absolute Gasteiger partial charge is 0.335 e. The van der Waals surface area contributed by atoms with Gasteiger partial charge in [-0.25, -0.2) is 4.98 Å². The van der Waals surface area contributed by atoms with Crippen LogP contribution in [0.2, 0.25) is 0 Å². The molecule has 21 heavy (non-hydrogen) atoms. The highest BCUT2D eigenvalue weighted by atomic mass is 16.2. The van der Waals surface area contributed by atoms with E-state index >= 15 is 0 Å². The molecule has 2 atom stereocenters. The number of aryl methyl sites for hydroxylation is 1. The Kier molecular flexibility index (Phi) is 4.29. The van der Waals surface area contributed by atoms with Gasteiger partial charge in [-0.3, -0.25) is 9.69 Å². The van der Waals surface area contributed by atoms with Gasteiger partial charge in [0.2, 0.25) is 5.91 Å². The fraction of sp³-hybridized carbons (Fsp3) is 0.750. The van der Waals surface area contributed by atoms with Crippen LogP contribution >= 0.6 is 0 Å². The lowest BCUT2D eigenvalue weighted by Crippen LogP contribution is -2.50. The molecular weight excluding hydrogens is 264 g/mol. The number of nitrogens with zero attached hydrogens (tertiary/aromatic N) is 4. The molecule has 1 fully saturated rings. The number of rotatable bonds is 2.